The number of benzene rings is 1. The molecule has 1 aliphatic heterocycles. The summed E-state index contributed by atoms with van der Waals surface area (Å²) in [6, 6.07) is 7.20. The van der Waals surface area contributed by atoms with Gasteiger partial charge < -0.3 is 9.64 Å². The molecule has 0 aromatic heterocycles. The van der Waals surface area contributed by atoms with Crippen LogP contribution in [0.4, 0.5) is 0 Å². The average Bonchev–Trinajstić information content (AvgIpc) is 3.24. The Kier molecular flexibility index (Phi) is 5.57. The van der Waals surface area contributed by atoms with Crippen LogP contribution >= 0.6 is 15.9 Å². The van der Waals surface area contributed by atoms with Crippen LogP contribution in [0.15, 0.2) is 28.7 Å². The number of hydrogen-bond donors (Lipinski definition) is 0. The Labute approximate surface area is 155 Å². The Morgan fingerprint density at radius 3 is 2.48 bits per heavy atom. The molecule has 5 nitrogen and oxygen atoms in total. The molecule has 1 heterocycles. The van der Waals surface area contributed by atoms with Crippen LogP contribution in [0.1, 0.15) is 49.4 Å². The lowest BCUT2D eigenvalue weighted by molar-refractivity contribution is -0.151. The molecule has 6 heteroatoms. The predicted molar refractivity (Wildman–Crippen MR) is 96.1 cm³/mol. The van der Waals surface area contributed by atoms with Crippen molar-refractivity contribution < 1.29 is 19.1 Å². The number of carbonyl (C=O) groups is 3. The zero-order chi connectivity index (χ0) is 18.0. The first kappa shape index (κ1) is 18.1. The summed E-state index contributed by atoms with van der Waals surface area (Å²) in [6.45, 7) is 2.00. The molecule has 25 heavy (non-hydrogen) atoms. The van der Waals surface area contributed by atoms with Gasteiger partial charge in [-0.2, -0.15) is 0 Å². The van der Waals surface area contributed by atoms with E-state index in [9.17, 15) is 14.4 Å². The van der Waals surface area contributed by atoms with Gasteiger partial charge in [-0.05, 0) is 31.9 Å². The second-order valence-corrected chi connectivity index (χ2v) is 7.75. The van der Waals surface area contributed by atoms with Crippen molar-refractivity contribution in [3.63, 3.8) is 0 Å². The number of hydrogen-bond acceptors (Lipinski definition) is 4. The third-order valence-corrected chi connectivity index (χ3v) is 5.58. The molecule has 1 saturated heterocycles. The highest BCUT2D eigenvalue weighted by molar-refractivity contribution is 9.10. The number of likely N-dealkylation sites (tertiary alicyclic amines) is 1. The van der Waals surface area contributed by atoms with E-state index in [2.05, 4.69) is 15.9 Å². The molecule has 134 valence electrons. The first-order valence-corrected chi connectivity index (χ1v) is 9.54. The van der Waals surface area contributed by atoms with Crippen LogP contribution in [-0.4, -0.2) is 41.3 Å². The fourth-order valence-corrected chi connectivity index (χ4v) is 3.90. The normalized spacial score (nSPS) is 22.2. The minimum Gasteiger partial charge on any atom is -0.454 e. The number of carbonyl (C=O) groups excluding carboxylic acids is 3. The quantitative estimate of drug-likeness (QED) is 0.554. The van der Waals surface area contributed by atoms with E-state index in [1.807, 2.05) is 4.90 Å². The predicted octanol–water partition coefficient (Wildman–Crippen LogP) is 3.35. The fraction of sp³-hybridized carbons (Fsp3) is 0.526. The summed E-state index contributed by atoms with van der Waals surface area (Å²) in [7, 11) is 0. The molecular weight excluding hydrogens is 386 g/mol. The fourth-order valence-electron chi connectivity index (χ4n) is 3.63. The third-order valence-electron chi connectivity index (χ3n) is 5.05. The number of ketones is 1. The summed E-state index contributed by atoms with van der Waals surface area (Å²) in [5.41, 5.74) is 0.499. The van der Waals surface area contributed by atoms with Crippen molar-refractivity contribution in [2.24, 2.45) is 5.92 Å². The highest BCUT2D eigenvalue weighted by atomic mass is 79.9. The smallest absolute Gasteiger partial charge is 0.311 e. The Bertz CT molecular complexity index is 667. The van der Waals surface area contributed by atoms with E-state index < -0.39 is 18.0 Å². The van der Waals surface area contributed by atoms with E-state index >= 15 is 0 Å². The molecule has 0 N–H and O–H groups in total. The van der Waals surface area contributed by atoms with E-state index in [1.54, 1.807) is 31.2 Å². The van der Waals surface area contributed by atoms with E-state index in [1.165, 1.54) is 0 Å². The molecule has 2 atom stereocenters. The van der Waals surface area contributed by atoms with E-state index in [4.69, 9.17) is 4.74 Å². The molecule has 1 aromatic rings. The largest absolute Gasteiger partial charge is 0.454 e. The lowest BCUT2D eigenvalue weighted by Gasteiger charge is -2.24. The topological polar surface area (TPSA) is 63.7 Å². The third kappa shape index (κ3) is 4.11. The molecular formula is C19H22BrNO4. The number of amides is 1. The molecule has 2 fully saturated rings. The summed E-state index contributed by atoms with van der Waals surface area (Å²) in [5.74, 6) is -1.13. The zero-order valence-corrected chi connectivity index (χ0v) is 15.8. The van der Waals surface area contributed by atoms with Crippen molar-refractivity contribution >= 4 is 33.6 Å². The first-order valence-electron chi connectivity index (χ1n) is 8.75. The standard InChI is InChI=1S/C19H22BrNO4/c1-12(18(23)13-6-8-15(20)9-7-13)25-19(24)14-10-17(22)21(11-14)16-4-2-3-5-16/h6-9,12,14,16H,2-5,10-11H2,1H3/t12-,14+/m1/s1. The second kappa shape index (κ2) is 7.68. The number of Topliss-reactive ketones (excluding diaryl/α,β-unsaturated/α-hetero) is 1. The molecule has 0 radical (unpaired) electrons. The lowest BCUT2D eigenvalue weighted by atomic mass is 10.1. The second-order valence-electron chi connectivity index (χ2n) is 6.84. The van der Waals surface area contributed by atoms with Gasteiger partial charge in [0.2, 0.25) is 11.7 Å². The first-order chi connectivity index (χ1) is 12.0. The minimum absolute atomic E-state index is 0.0285. The highest BCUT2D eigenvalue weighted by Gasteiger charge is 2.40. The average molecular weight is 408 g/mol. The van der Waals surface area contributed by atoms with Crippen molar-refractivity contribution in [3.05, 3.63) is 34.3 Å². The van der Waals surface area contributed by atoms with Crippen molar-refractivity contribution in [3.8, 4) is 0 Å². The van der Waals surface area contributed by atoms with Gasteiger partial charge in [-0.1, -0.05) is 40.9 Å². The van der Waals surface area contributed by atoms with Crippen LogP contribution < -0.4 is 0 Å². The van der Waals surface area contributed by atoms with Gasteiger partial charge in [0, 0.05) is 29.0 Å². The maximum absolute atomic E-state index is 12.4. The molecule has 1 aromatic carbocycles. The summed E-state index contributed by atoms with van der Waals surface area (Å²) >= 11 is 3.32. The van der Waals surface area contributed by atoms with Crippen LogP contribution in [0.2, 0.25) is 0 Å². The molecule has 0 unspecified atom stereocenters. The molecule has 1 amide bonds. The number of esters is 1. The summed E-state index contributed by atoms with van der Waals surface area (Å²) < 4.78 is 6.24. The molecule has 1 aliphatic carbocycles. The van der Waals surface area contributed by atoms with Gasteiger partial charge in [0.15, 0.2) is 6.10 Å². The van der Waals surface area contributed by atoms with Crippen LogP contribution in [0, 0.1) is 5.92 Å². The van der Waals surface area contributed by atoms with Crippen LogP contribution in [0.5, 0.6) is 0 Å². The lowest BCUT2D eigenvalue weighted by Crippen LogP contribution is -2.35. The van der Waals surface area contributed by atoms with Crippen LogP contribution in [0.3, 0.4) is 0 Å². The summed E-state index contributed by atoms with van der Waals surface area (Å²) in [4.78, 5) is 38.8. The molecule has 3 rings (SSSR count). The molecule has 1 saturated carbocycles. The maximum Gasteiger partial charge on any atom is 0.311 e. The Balaban J connectivity index is 1.57. The van der Waals surface area contributed by atoms with E-state index in [0.29, 0.717) is 12.1 Å². The van der Waals surface area contributed by atoms with Gasteiger partial charge in [0.25, 0.3) is 0 Å². The summed E-state index contributed by atoms with van der Waals surface area (Å²) in [5, 5.41) is 0. The van der Waals surface area contributed by atoms with Gasteiger partial charge >= 0.3 is 5.97 Å². The highest BCUT2D eigenvalue weighted by Crippen LogP contribution is 2.30. The molecule has 0 spiro atoms. The van der Waals surface area contributed by atoms with Crippen molar-refractivity contribution in [2.75, 3.05) is 6.54 Å². The molecule has 0 bridgehead atoms. The number of halogens is 1. The van der Waals surface area contributed by atoms with Crippen molar-refractivity contribution in [1.82, 2.24) is 4.90 Å². The SMILES string of the molecule is C[C@@H](OC(=O)[C@H]1CC(=O)N(C2CCCC2)C1)C(=O)c1ccc(Br)cc1. The Morgan fingerprint density at radius 1 is 1.20 bits per heavy atom. The van der Waals surface area contributed by atoms with Crippen molar-refractivity contribution in [1.29, 1.82) is 0 Å². The Morgan fingerprint density at radius 2 is 1.84 bits per heavy atom. The summed E-state index contributed by atoms with van der Waals surface area (Å²) in [6.07, 6.45) is 3.65. The van der Waals surface area contributed by atoms with Gasteiger partial charge in [-0.15, -0.1) is 0 Å². The van der Waals surface area contributed by atoms with Gasteiger partial charge in [-0.3, -0.25) is 14.4 Å². The number of rotatable bonds is 5. The van der Waals surface area contributed by atoms with E-state index in [0.717, 1.165) is 30.2 Å². The Hall–Kier alpha value is -1.69. The van der Waals surface area contributed by atoms with Gasteiger partial charge in [0.1, 0.15) is 0 Å². The maximum atomic E-state index is 12.4. The van der Waals surface area contributed by atoms with Crippen LogP contribution in [0.25, 0.3) is 0 Å². The minimum atomic E-state index is -0.857. The number of ether oxygens (including phenoxy) is 1. The molecule has 2 aliphatic rings. The number of nitrogens with zero attached hydrogens (tertiary/aromatic N) is 1. The zero-order valence-electron chi connectivity index (χ0n) is 14.2. The van der Waals surface area contributed by atoms with E-state index in [-0.39, 0.29) is 24.2 Å². The monoisotopic (exact) mass is 407 g/mol. The van der Waals surface area contributed by atoms with Crippen LogP contribution in [-0.2, 0) is 14.3 Å². The van der Waals surface area contributed by atoms with Crippen molar-refractivity contribution in [2.45, 2.75) is 51.2 Å². The van der Waals surface area contributed by atoms with Gasteiger partial charge in [0.05, 0.1) is 5.92 Å². The van der Waals surface area contributed by atoms with Gasteiger partial charge in [-0.25, -0.2) is 0 Å².